The molecule has 0 radical (unpaired) electrons. The van der Waals surface area contributed by atoms with E-state index in [9.17, 15) is 9.18 Å². The van der Waals surface area contributed by atoms with Gasteiger partial charge in [0.25, 0.3) is 5.91 Å². The average molecular weight is 212 g/mol. The van der Waals surface area contributed by atoms with Crippen LogP contribution in [0.3, 0.4) is 0 Å². The summed E-state index contributed by atoms with van der Waals surface area (Å²) in [5, 5.41) is 0. The van der Waals surface area contributed by atoms with Gasteiger partial charge in [0.2, 0.25) is 5.95 Å². The zero-order valence-electron chi connectivity index (χ0n) is 8.66. The highest BCUT2D eigenvalue weighted by atomic mass is 19.1. The summed E-state index contributed by atoms with van der Waals surface area (Å²) in [6.45, 7) is 4.31. The zero-order valence-corrected chi connectivity index (χ0v) is 8.66. The molecule has 82 valence electrons. The van der Waals surface area contributed by atoms with Crippen LogP contribution in [0.1, 0.15) is 24.3 Å². The van der Waals surface area contributed by atoms with E-state index in [2.05, 4.69) is 10.5 Å². The predicted octanol–water partition coefficient (Wildman–Crippen LogP) is 1.54. The second kappa shape index (κ2) is 5.41. The maximum atomic E-state index is 12.6. The second-order valence-electron chi connectivity index (χ2n) is 3.48. The maximum Gasteiger partial charge on any atom is 0.293 e. The molecule has 0 saturated heterocycles. The number of rotatable bonds is 4. The number of hydrogen-bond donors (Lipinski definition) is 1. The summed E-state index contributed by atoms with van der Waals surface area (Å²) in [5.41, 5.74) is 2.19. The molecule has 1 amide bonds. The Hall–Kier alpha value is -1.49. The number of halogens is 1. The fourth-order valence-corrected chi connectivity index (χ4v) is 0.861. The molecule has 1 aromatic rings. The fraction of sp³-hybridized carbons (Fsp3) is 0.400. The molecule has 1 N–H and O–H groups in total. The molecule has 0 atom stereocenters. The summed E-state index contributed by atoms with van der Waals surface area (Å²) >= 11 is 0. The third kappa shape index (κ3) is 4.03. The molecule has 4 nitrogen and oxygen atoms in total. The number of hydroxylamine groups is 1. The van der Waals surface area contributed by atoms with Gasteiger partial charge in [0.05, 0.1) is 6.61 Å². The van der Waals surface area contributed by atoms with E-state index >= 15 is 0 Å². The first kappa shape index (κ1) is 11.6. The summed E-state index contributed by atoms with van der Waals surface area (Å²) in [5.74, 6) is -0.924. The Kier molecular flexibility index (Phi) is 4.17. The van der Waals surface area contributed by atoms with Crippen molar-refractivity contribution in [3.63, 3.8) is 0 Å². The maximum absolute atomic E-state index is 12.6. The van der Waals surface area contributed by atoms with Crippen molar-refractivity contribution >= 4 is 5.91 Å². The largest absolute Gasteiger partial charge is 0.293 e. The van der Waals surface area contributed by atoms with Crippen LogP contribution in [0.25, 0.3) is 0 Å². The topological polar surface area (TPSA) is 51.2 Å². The minimum atomic E-state index is -0.688. The first-order chi connectivity index (χ1) is 7.09. The first-order valence-corrected chi connectivity index (χ1v) is 4.64. The standard InChI is InChI=1S/C10H13FN2O2/c1-7(2)6-15-13-10(14)8-4-3-5-9(11)12-8/h3-5,7H,6H2,1-2H3,(H,13,14). The third-order valence-corrected chi connectivity index (χ3v) is 1.53. The van der Waals surface area contributed by atoms with Gasteiger partial charge in [-0.25, -0.2) is 10.5 Å². The molecule has 0 unspecified atom stereocenters. The van der Waals surface area contributed by atoms with E-state index in [0.29, 0.717) is 12.5 Å². The van der Waals surface area contributed by atoms with Crippen LogP contribution in [0.15, 0.2) is 18.2 Å². The molecule has 0 spiro atoms. The van der Waals surface area contributed by atoms with Crippen molar-refractivity contribution in [2.24, 2.45) is 5.92 Å². The van der Waals surface area contributed by atoms with E-state index in [1.54, 1.807) is 0 Å². The van der Waals surface area contributed by atoms with Crippen LogP contribution in [0.5, 0.6) is 0 Å². The summed E-state index contributed by atoms with van der Waals surface area (Å²) in [4.78, 5) is 19.6. The first-order valence-electron chi connectivity index (χ1n) is 4.64. The van der Waals surface area contributed by atoms with Gasteiger partial charge in [-0.05, 0) is 18.1 Å². The van der Waals surface area contributed by atoms with Crippen molar-refractivity contribution in [1.29, 1.82) is 0 Å². The van der Waals surface area contributed by atoms with E-state index in [-0.39, 0.29) is 5.69 Å². The van der Waals surface area contributed by atoms with E-state index in [1.165, 1.54) is 18.2 Å². The second-order valence-corrected chi connectivity index (χ2v) is 3.48. The molecule has 1 heterocycles. The Labute approximate surface area is 87.4 Å². The SMILES string of the molecule is CC(C)CONC(=O)c1cccc(F)n1. The number of hydrogen-bond acceptors (Lipinski definition) is 3. The van der Waals surface area contributed by atoms with Crippen LogP contribution >= 0.6 is 0 Å². The van der Waals surface area contributed by atoms with E-state index in [0.717, 1.165) is 0 Å². The number of amides is 1. The summed E-state index contributed by atoms with van der Waals surface area (Å²) in [6, 6.07) is 4.00. The van der Waals surface area contributed by atoms with Gasteiger partial charge < -0.3 is 0 Å². The summed E-state index contributed by atoms with van der Waals surface area (Å²) in [7, 11) is 0. The lowest BCUT2D eigenvalue weighted by molar-refractivity contribution is 0.0204. The van der Waals surface area contributed by atoms with Crippen molar-refractivity contribution in [3.05, 3.63) is 29.8 Å². The minimum Gasteiger partial charge on any atom is -0.273 e. The number of aromatic nitrogens is 1. The number of carbonyl (C=O) groups is 1. The summed E-state index contributed by atoms with van der Waals surface area (Å²) in [6.07, 6.45) is 0. The van der Waals surface area contributed by atoms with E-state index in [4.69, 9.17) is 4.84 Å². The van der Waals surface area contributed by atoms with E-state index in [1.807, 2.05) is 13.8 Å². The quantitative estimate of drug-likeness (QED) is 0.608. The molecule has 1 aromatic heterocycles. The van der Waals surface area contributed by atoms with Gasteiger partial charge in [-0.2, -0.15) is 4.39 Å². The van der Waals surface area contributed by atoms with Crippen LogP contribution in [0.4, 0.5) is 4.39 Å². The third-order valence-electron chi connectivity index (χ3n) is 1.53. The molecule has 0 aliphatic rings. The van der Waals surface area contributed by atoms with Gasteiger partial charge in [-0.3, -0.25) is 9.63 Å². The molecule has 0 fully saturated rings. The van der Waals surface area contributed by atoms with Gasteiger partial charge >= 0.3 is 0 Å². The van der Waals surface area contributed by atoms with Crippen molar-refractivity contribution in [2.45, 2.75) is 13.8 Å². The smallest absolute Gasteiger partial charge is 0.273 e. The Bertz CT molecular complexity index is 342. The molecule has 0 aliphatic carbocycles. The van der Waals surface area contributed by atoms with Crippen LogP contribution in [0, 0.1) is 11.9 Å². The van der Waals surface area contributed by atoms with Gasteiger partial charge in [-0.1, -0.05) is 19.9 Å². The van der Waals surface area contributed by atoms with Crippen molar-refractivity contribution in [2.75, 3.05) is 6.61 Å². The molecule has 0 saturated carbocycles. The number of pyridine rings is 1. The van der Waals surface area contributed by atoms with Gasteiger partial charge in [-0.15, -0.1) is 0 Å². The molecule has 0 bridgehead atoms. The van der Waals surface area contributed by atoms with Crippen LogP contribution in [0.2, 0.25) is 0 Å². The highest BCUT2D eigenvalue weighted by Gasteiger charge is 2.07. The molecule has 0 aliphatic heterocycles. The van der Waals surface area contributed by atoms with Crippen molar-refractivity contribution < 1.29 is 14.0 Å². The van der Waals surface area contributed by atoms with Gasteiger partial charge in [0.1, 0.15) is 5.69 Å². The minimum absolute atomic E-state index is 0.00115. The molecular weight excluding hydrogens is 199 g/mol. The Morgan fingerprint density at radius 2 is 2.33 bits per heavy atom. The highest BCUT2D eigenvalue weighted by Crippen LogP contribution is 1.98. The molecule has 0 aromatic carbocycles. The Morgan fingerprint density at radius 3 is 2.93 bits per heavy atom. The predicted molar refractivity (Wildman–Crippen MR) is 52.5 cm³/mol. The van der Waals surface area contributed by atoms with Gasteiger partial charge in [0.15, 0.2) is 0 Å². The molecular formula is C10H13FN2O2. The summed E-state index contributed by atoms with van der Waals surface area (Å²) < 4.78 is 12.6. The number of carbonyl (C=O) groups excluding carboxylic acids is 1. The fourth-order valence-electron chi connectivity index (χ4n) is 0.861. The van der Waals surface area contributed by atoms with Gasteiger partial charge in [0, 0.05) is 0 Å². The van der Waals surface area contributed by atoms with E-state index < -0.39 is 11.9 Å². The van der Waals surface area contributed by atoms with Crippen molar-refractivity contribution in [1.82, 2.24) is 10.5 Å². The average Bonchev–Trinajstić information content (AvgIpc) is 2.17. The van der Waals surface area contributed by atoms with Crippen LogP contribution in [-0.4, -0.2) is 17.5 Å². The zero-order chi connectivity index (χ0) is 11.3. The number of nitrogens with zero attached hydrogens (tertiary/aromatic N) is 1. The Morgan fingerprint density at radius 1 is 1.60 bits per heavy atom. The highest BCUT2D eigenvalue weighted by molar-refractivity contribution is 5.91. The molecule has 5 heteroatoms. The van der Waals surface area contributed by atoms with Crippen molar-refractivity contribution in [3.8, 4) is 0 Å². The monoisotopic (exact) mass is 212 g/mol. The molecule has 1 rings (SSSR count). The number of nitrogens with one attached hydrogen (secondary N) is 1. The Balaban J connectivity index is 2.47. The normalized spacial score (nSPS) is 10.4. The molecule has 15 heavy (non-hydrogen) atoms. The lowest BCUT2D eigenvalue weighted by atomic mass is 10.2. The van der Waals surface area contributed by atoms with Crippen LogP contribution < -0.4 is 5.48 Å². The van der Waals surface area contributed by atoms with Crippen LogP contribution in [-0.2, 0) is 4.84 Å². The lowest BCUT2D eigenvalue weighted by Gasteiger charge is -2.06. The lowest BCUT2D eigenvalue weighted by Crippen LogP contribution is -2.26.